The third-order valence-electron chi connectivity index (χ3n) is 5.58. The summed E-state index contributed by atoms with van der Waals surface area (Å²) in [6.45, 7) is 6.78. The lowest BCUT2D eigenvalue weighted by Crippen LogP contribution is -2.49. The van der Waals surface area contributed by atoms with Gasteiger partial charge in [0.25, 0.3) is 5.91 Å². The molecule has 1 saturated heterocycles. The Balaban J connectivity index is 1.51. The smallest absolute Gasteiger partial charge is 0.355 e. The standard InChI is InChI=1S/C23H29N3O5/c1-4-18-20(22(28)30-3)16(2)21(24-18)23(29)31-15-19(27)26-12-10-25(11-13-26)14-17-8-6-5-7-9-17/h5-9,24H,4,10-15H2,1-3H3. The van der Waals surface area contributed by atoms with Gasteiger partial charge in [-0.3, -0.25) is 9.69 Å². The van der Waals surface area contributed by atoms with Crippen molar-refractivity contribution in [3.63, 3.8) is 0 Å². The number of esters is 2. The highest BCUT2D eigenvalue weighted by molar-refractivity contribution is 5.99. The normalized spacial score (nSPS) is 14.4. The van der Waals surface area contributed by atoms with Crippen LogP contribution in [0.5, 0.6) is 0 Å². The van der Waals surface area contributed by atoms with E-state index in [2.05, 4.69) is 22.0 Å². The average Bonchev–Trinajstić information content (AvgIpc) is 3.14. The van der Waals surface area contributed by atoms with Gasteiger partial charge in [-0.2, -0.15) is 0 Å². The molecular weight excluding hydrogens is 398 g/mol. The van der Waals surface area contributed by atoms with Gasteiger partial charge in [0, 0.05) is 38.4 Å². The number of methoxy groups -OCH3 is 1. The van der Waals surface area contributed by atoms with Gasteiger partial charge >= 0.3 is 11.9 Å². The Bertz CT molecular complexity index is 930. The average molecular weight is 428 g/mol. The number of amides is 1. The predicted octanol–water partition coefficient (Wildman–Crippen LogP) is 2.17. The number of ether oxygens (including phenoxy) is 2. The van der Waals surface area contributed by atoms with Crippen molar-refractivity contribution in [1.82, 2.24) is 14.8 Å². The molecule has 0 bridgehead atoms. The molecule has 1 aromatic heterocycles. The molecule has 166 valence electrons. The molecule has 1 amide bonds. The fourth-order valence-electron chi connectivity index (χ4n) is 3.79. The van der Waals surface area contributed by atoms with E-state index in [4.69, 9.17) is 9.47 Å². The van der Waals surface area contributed by atoms with Crippen molar-refractivity contribution in [3.8, 4) is 0 Å². The Morgan fingerprint density at radius 3 is 2.32 bits per heavy atom. The first-order chi connectivity index (χ1) is 14.9. The van der Waals surface area contributed by atoms with E-state index in [0.717, 1.165) is 19.6 Å². The summed E-state index contributed by atoms with van der Waals surface area (Å²) in [5.41, 5.74) is 2.85. The molecule has 8 heteroatoms. The molecule has 0 saturated carbocycles. The van der Waals surface area contributed by atoms with Crippen LogP contribution in [0.4, 0.5) is 0 Å². The fraction of sp³-hybridized carbons (Fsp3) is 0.435. The molecule has 1 aromatic carbocycles. The van der Waals surface area contributed by atoms with Crippen LogP contribution in [0.1, 0.15) is 44.6 Å². The van der Waals surface area contributed by atoms with E-state index in [9.17, 15) is 14.4 Å². The summed E-state index contributed by atoms with van der Waals surface area (Å²) in [6.07, 6.45) is 0.532. The first-order valence-electron chi connectivity index (χ1n) is 10.5. The van der Waals surface area contributed by atoms with Crippen molar-refractivity contribution in [2.45, 2.75) is 26.8 Å². The molecule has 0 radical (unpaired) electrons. The van der Waals surface area contributed by atoms with Gasteiger partial charge in [0.2, 0.25) is 0 Å². The molecular formula is C23H29N3O5. The number of aromatic amines is 1. The van der Waals surface area contributed by atoms with Crippen LogP contribution in [0.15, 0.2) is 30.3 Å². The molecule has 0 unspecified atom stereocenters. The number of aromatic nitrogens is 1. The van der Waals surface area contributed by atoms with E-state index in [0.29, 0.717) is 36.3 Å². The lowest BCUT2D eigenvalue weighted by atomic mass is 10.1. The van der Waals surface area contributed by atoms with Gasteiger partial charge in [-0.25, -0.2) is 9.59 Å². The van der Waals surface area contributed by atoms with Gasteiger partial charge < -0.3 is 19.4 Å². The molecule has 0 atom stereocenters. The largest absolute Gasteiger partial charge is 0.465 e. The molecule has 1 aliphatic heterocycles. The lowest BCUT2D eigenvalue weighted by molar-refractivity contribution is -0.136. The van der Waals surface area contributed by atoms with Crippen molar-refractivity contribution in [2.24, 2.45) is 0 Å². The van der Waals surface area contributed by atoms with Crippen molar-refractivity contribution in [3.05, 3.63) is 58.4 Å². The van der Waals surface area contributed by atoms with E-state index in [1.165, 1.54) is 12.7 Å². The number of hydrogen-bond acceptors (Lipinski definition) is 6. The zero-order valence-electron chi connectivity index (χ0n) is 18.3. The highest BCUT2D eigenvalue weighted by atomic mass is 16.5. The molecule has 8 nitrogen and oxygen atoms in total. The summed E-state index contributed by atoms with van der Waals surface area (Å²) in [6, 6.07) is 10.2. The van der Waals surface area contributed by atoms with Gasteiger partial charge in [-0.15, -0.1) is 0 Å². The molecule has 3 rings (SSSR count). The summed E-state index contributed by atoms with van der Waals surface area (Å²) in [5.74, 6) is -1.38. The van der Waals surface area contributed by atoms with Crippen LogP contribution in [0.2, 0.25) is 0 Å². The van der Waals surface area contributed by atoms with Crippen LogP contribution in [0.25, 0.3) is 0 Å². The summed E-state index contributed by atoms with van der Waals surface area (Å²) >= 11 is 0. The number of aryl methyl sites for hydroxylation is 1. The zero-order chi connectivity index (χ0) is 22.4. The number of carbonyl (C=O) groups is 3. The van der Waals surface area contributed by atoms with Crippen molar-refractivity contribution in [2.75, 3.05) is 39.9 Å². The monoisotopic (exact) mass is 427 g/mol. The molecule has 31 heavy (non-hydrogen) atoms. The number of carbonyl (C=O) groups excluding carboxylic acids is 3. The van der Waals surface area contributed by atoms with Gasteiger partial charge in [0.05, 0.1) is 12.7 Å². The number of rotatable bonds is 7. The summed E-state index contributed by atoms with van der Waals surface area (Å²) in [7, 11) is 1.30. The Hall–Kier alpha value is -3.13. The minimum atomic E-state index is -0.654. The van der Waals surface area contributed by atoms with Crippen LogP contribution in [0, 0.1) is 6.92 Å². The minimum absolute atomic E-state index is 0.178. The highest BCUT2D eigenvalue weighted by Crippen LogP contribution is 2.21. The lowest BCUT2D eigenvalue weighted by Gasteiger charge is -2.34. The van der Waals surface area contributed by atoms with Crippen molar-refractivity contribution in [1.29, 1.82) is 0 Å². The van der Waals surface area contributed by atoms with Gasteiger partial charge in [-0.1, -0.05) is 37.3 Å². The van der Waals surface area contributed by atoms with Crippen LogP contribution in [-0.4, -0.2) is 72.5 Å². The Morgan fingerprint density at radius 2 is 1.71 bits per heavy atom. The Kier molecular flexibility index (Phi) is 7.46. The molecule has 2 heterocycles. The van der Waals surface area contributed by atoms with E-state index >= 15 is 0 Å². The van der Waals surface area contributed by atoms with Gasteiger partial charge in [-0.05, 0) is 24.5 Å². The van der Waals surface area contributed by atoms with Gasteiger partial charge in [0.1, 0.15) is 5.69 Å². The number of nitrogens with one attached hydrogen (secondary N) is 1. The maximum Gasteiger partial charge on any atom is 0.355 e. The third kappa shape index (κ3) is 5.32. The number of nitrogens with zero attached hydrogens (tertiary/aromatic N) is 2. The summed E-state index contributed by atoms with van der Waals surface area (Å²) in [5, 5.41) is 0. The second-order valence-corrected chi connectivity index (χ2v) is 7.54. The second-order valence-electron chi connectivity index (χ2n) is 7.54. The first kappa shape index (κ1) is 22.6. The van der Waals surface area contributed by atoms with Crippen molar-refractivity contribution < 1.29 is 23.9 Å². The highest BCUT2D eigenvalue weighted by Gasteiger charge is 2.26. The number of H-pyrrole nitrogens is 1. The van der Waals surface area contributed by atoms with E-state index in [1.807, 2.05) is 25.1 Å². The summed E-state index contributed by atoms with van der Waals surface area (Å²) in [4.78, 5) is 44.0. The van der Waals surface area contributed by atoms with Crippen LogP contribution in [0.3, 0.4) is 0 Å². The topological polar surface area (TPSA) is 91.9 Å². The third-order valence-corrected chi connectivity index (χ3v) is 5.58. The van der Waals surface area contributed by atoms with Crippen molar-refractivity contribution >= 4 is 17.8 Å². The van der Waals surface area contributed by atoms with Crippen LogP contribution in [-0.2, 0) is 27.2 Å². The molecule has 0 aliphatic carbocycles. The quantitative estimate of drug-likeness (QED) is 0.681. The van der Waals surface area contributed by atoms with E-state index < -0.39 is 11.9 Å². The molecule has 1 fully saturated rings. The first-order valence-corrected chi connectivity index (χ1v) is 10.5. The predicted molar refractivity (Wildman–Crippen MR) is 115 cm³/mol. The molecule has 0 spiro atoms. The number of hydrogen-bond donors (Lipinski definition) is 1. The van der Waals surface area contributed by atoms with E-state index in [1.54, 1.807) is 11.8 Å². The molecule has 1 N–H and O–H groups in total. The molecule has 2 aromatic rings. The Labute approximate surface area is 182 Å². The Morgan fingerprint density at radius 1 is 1.03 bits per heavy atom. The maximum absolute atomic E-state index is 12.5. The second kappa shape index (κ2) is 10.3. The summed E-state index contributed by atoms with van der Waals surface area (Å²) < 4.78 is 10.0. The van der Waals surface area contributed by atoms with E-state index in [-0.39, 0.29) is 18.2 Å². The molecule has 1 aliphatic rings. The zero-order valence-corrected chi connectivity index (χ0v) is 18.3. The van der Waals surface area contributed by atoms with Crippen LogP contribution < -0.4 is 0 Å². The number of piperazine rings is 1. The van der Waals surface area contributed by atoms with Crippen LogP contribution >= 0.6 is 0 Å². The maximum atomic E-state index is 12.5. The fourth-order valence-corrected chi connectivity index (χ4v) is 3.79. The van der Waals surface area contributed by atoms with Gasteiger partial charge in [0.15, 0.2) is 6.61 Å². The number of benzene rings is 1. The minimum Gasteiger partial charge on any atom is -0.465 e. The SMILES string of the molecule is CCc1[nH]c(C(=O)OCC(=O)N2CCN(Cc3ccccc3)CC2)c(C)c1C(=O)OC.